The highest BCUT2D eigenvalue weighted by molar-refractivity contribution is 4.79. The van der Waals surface area contributed by atoms with Gasteiger partial charge in [0.25, 0.3) is 0 Å². The Balaban J connectivity index is 3.80. The van der Waals surface area contributed by atoms with E-state index < -0.39 is 0 Å². The van der Waals surface area contributed by atoms with Crippen molar-refractivity contribution < 1.29 is 0 Å². The van der Waals surface area contributed by atoms with Gasteiger partial charge in [-0.2, -0.15) is 0 Å². The van der Waals surface area contributed by atoms with Gasteiger partial charge in [-0.25, -0.2) is 0 Å². The van der Waals surface area contributed by atoms with E-state index in [1.807, 2.05) is 0 Å². The first-order valence-electron chi connectivity index (χ1n) is 3.90. The highest BCUT2D eigenvalue weighted by Gasteiger charge is 2.21. The highest BCUT2D eigenvalue weighted by Crippen LogP contribution is 2.31. The molecule has 0 rings (SSSR count). The molecule has 0 aromatic carbocycles. The van der Waals surface area contributed by atoms with Crippen LogP contribution in [0.4, 0.5) is 0 Å². The second-order valence-corrected chi connectivity index (χ2v) is 3.32. The van der Waals surface area contributed by atoms with E-state index in [4.69, 9.17) is 0 Å². The maximum atomic E-state index is 4.16. The van der Waals surface area contributed by atoms with E-state index in [1.165, 1.54) is 12.8 Å². The summed E-state index contributed by atoms with van der Waals surface area (Å²) in [4.78, 5) is 0. The zero-order valence-corrected chi connectivity index (χ0v) is 7.20. The molecule has 0 saturated carbocycles. The molecule has 0 N–H and O–H groups in total. The van der Waals surface area contributed by atoms with Crippen molar-refractivity contribution in [1.29, 1.82) is 0 Å². The third kappa shape index (κ3) is 2.38. The molecular weight excluding hydrogens is 108 g/mol. The van der Waals surface area contributed by atoms with Gasteiger partial charge in [-0.1, -0.05) is 40.5 Å². The fourth-order valence-electron chi connectivity index (χ4n) is 0.841. The summed E-state index contributed by atoms with van der Waals surface area (Å²) in [6.45, 7) is 13.1. The van der Waals surface area contributed by atoms with E-state index in [0.717, 1.165) is 5.92 Å². The summed E-state index contributed by atoms with van der Waals surface area (Å²) in [5, 5.41) is 0. The Kier molecular flexibility index (Phi) is 3.24. The van der Waals surface area contributed by atoms with Crippen molar-refractivity contribution in [3.8, 4) is 0 Å². The van der Waals surface area contributed by atoms with Crippen molar-refractivity contribution >= 4 is 0 Å². The van der Waals surface area contributed by atoms with Crippen LogP contribution in [-0.4, -0.2) is 0 Å². The lowest BCUT2D eigenvalue weighted by atomic mass is 9.77. The molecule has 0 aliphatic rings. The van der Waals surface area contributed by atoms with Crippen LogP contribution in [0, 0.1) is 18.3 Å². The van der Waals surface area contributed by atoms with Crippen LogP contribution in [0.5, 0.6) is 0 Å². The molecule has 0 fully saturated rings. The Labute approximate surface area is 59.7 Å². The van der Waals surface area contributed by atoms with Crippen molar-refractivity contribution in [3.63, 3.8) is 0 Å². The molecular formula is C9H19. The van der Waals surface area contributed by atoms with Crippen LogP contribution >= 0.6 is 0 Å². The second-order valence-electron chi connectivity index (χ2n) is 3.32. The molecule has 0 nitrogen and oxygen atoms in total. The maximum Gasteiger partial charge on any atom is -0.0303 e. The molecule has 0 amide bonds. The van der Waals surface area contributed by atoms with Crippen LogP contribution in [0.2, 0.25) is 0 Å². The van der Waals surface area contributed by atoms with Crippen LogP contribution in [0.15, 0.2) is 0 Å². The predicted octanol–water partition coefficient (Wildman–Crippen LogP) is 3.28. The number of rotatable bonds is 3. The predicted molar refractivity (Wildman–Crippen MR) is 43.2 cm³/mol. The van der Waals surface area contributed by atoms with Gasteiger partial charge >= 0.3 is 0 Å². The van der Waals surface area contributed by atoms with Crippen molar-refractivity contribution in [1.82, 2.24) is 0 Å². The fourth-order valence-corrected chi connectivity index (χ4v) is 0.841. The Bertz CT molecular complexity index is 72.1. The quantitative estimate of drug-likeness (QED) is 0.545. The molecule has 55 valence electrons. The molecule has 0 saturated heterocycles. The molecule has 2 atom stereocenters. The average Bonchev–Trinajstić information content (AvgIpc) is 1.86. The van der Waals surface area contributed by atoms with Crippen LogP contribution < -0.4 is 0 Å². The van der Waals surface area contributed by atoms with Crippen LogP contribution in [0.25, 0.3) is 0 Å². The summed E-state index contributed by atoms with van der Waals surface area (Å²) in [5.41, 5.74) is 0.300. The third-order valence-electron chi connectivity index (χ3n) is 2.61. The van der Waals surface area contributed by atoms with Gasteiger partial charge in [0.15, 0.2) is 0 Å². The lowest BCUT2D eigenvalue weighted by Gasteiger charge is -2.29. The molecule has 0 bridgehead atoms. The minimum Gasteiger partial charge on any atom is -0.0651 e. The molecule has 1 radical (unpaired) electrons. The summed E-state index contributed by atoms with van der Waals surface area (Å²) >= 11 is 0. The smallest absolute Gasteiger partial charge is 0.0303 e. The van der Waals surface area contributed by atoms with E-state index in [2.05, 4.69) is 34.6 Å². The molecule has 0 aromatic heterocycles. The second kappa shape index (κ2) is 3.24. The molecule has 0 aliphatic carbocycles. The largest absolute Gasteiger partial charge is 0.0651 e. The Hall–Kier alpha value is 0. The van der Waals surface area contributed by atoms with Crippen LogP contribution in [-0.2, 0) is 0 Å². The van der Waals surface area contributed by atoms with Gasteiger partial charge < -0.3 is 0 Å². The first-order chi connectivity index (χ1) is 4.04. The van der Waals surface area contributed by atoms with Crippen molar-refractivity contribution in [3.05, 3.63) is 6.92 Å². The summed E-state index contributed by atoms with van der Waals surface area (Å²) in [6.07, 6.45) is 2.43. The molecule has 0 spiro atoms. The summed E-state index contributed by atoms with van der Waals surface area (Å²) in [6, 6.07) is 0. The van der Waals surface area contributed by atoms with Crippen molar-refractivity contribution in [2.45, 2.75) is 40.5 Å². The summed E-state index contributed by atoms with van der Waals surface area (Å²) in [7, 11) is 0. The van der Waals surface area contributed by atoms with Gasteiger partial charge in [0, 0.05) is 0 Å². The zero-order chi connectivity index (χ0) is 7.49. The van der Waals surface area contributed by atoms with E-state index in [1.54, 1.807) is 0 Å². The first-order valence-corrected chi connectivity index (χ1v) is 3.90. The lowest BCUT2D eigenvalue weighted by molar-refractivity contribution is 0.255. The summed E-state index contributed by atoms with van der Waals surface area (Å²) in [5.74, 6) is 0.752. The van der Waals surface area contributed by atoms with E-state index in [9.17, 15) is 0 Å². The molecule has 0 heterocycles. The minimum atomic E-state index is 0.300. The monoisotopic (exact) mass is 127 g/mol. The lowest BCUT2D eigenvalue weighted by Crippen LogP contribution is -2.19. The summed E-state index contributed by atoms with van der Waals surface area (Å²) < 4.78 is 0. The first kappa shape index (κ1) is 9.00. The molecule has 0 heteroatoms. The molecule has 9 heavy (non-hydrogen) atoms. The molecule has 2 unspecified atom stereocenters. The Morgan fingerprint density at radius 3 is 2.00 bits per heavy atom. The van der Waals surface area contributed by atoms with Crippen molar-refractivity contribution in [2.75, 3.05) is 0 Å². The van der Waals surface area contributed by atoms with Gasteiger partial charge in [0.05, 0.1) is 0 Å². The van der Waals surface area contributed by atoms with Gasteiger partial charge in [-0.3, -0.25) is 0 Å². The topological polar surface area (TPSA) is 0 Å². The van der Waals surface area contributed by atoms with E-state index in [0.29, 0.717) is 5.41 Å². The van der Waals surface area contributed by atoms with Gasteiger partial charge in [-0.15, -0.1) is 0 Å². The Morgan fingerprint density at radius 1 is 1.44 bits per heavy atom. The van der Waals surface area contributed by atoms with Gasteiger partial charge in [0.2, 0.25) is 0 Å². The number of hydrogen-bond donors (Lipinski definition) is 0. The SMILES string of the molecule is [CH2]C(C)(CC)C(C)CC. The molecule has 0 aromatic rings. The van der Waals surface area contributed by atoms with E-state index >= 15 is 0 Å². The molecule has 0 aliphatic heterocycles. The average molecular weight is 127 g/mol. The van der Waals surface area contributed by atoms with E-state index in [-0.39, 0.29) is 0 Å². The maximum absolute atomic E-state index is 4.16. The Morgan fingerprint density at radius 2 is 1.89 bits per heavy atom. The van der Waals surface area contributed by atoms with Gasteiger partial charge in [-0.05, 0) is 18.3 Å². The normalized spacial score (nSPS) is 15.7. The third-order valence-corrected chi connectivity index (χ3v) is 2.61. The fraction of sp³-hybridized carbons (Fsp3) is 0.889. The van der Waals surface area contributed by atoms with Crippen LogP contribution in [0.3, 0.4) is 0 Å². The van der Waals surface area contributed by atoms with Crippen LogP contribution in [0.1, 0.15) is 40.5 Å². The van der Waals surface area contributed by atoms with Crippen molar-refractivity contribution in [2.24, 2.45) is 11.3 Å². The highest BCUT2D eigenvalue weighted by atomic mass is 14.3. The standard InChI is InChI=1S/C9H19/c1-6-8(3)9(4,5)7-2/h8H,4,6-7H2,1-3,5H3. The number of hydrogen-bond acceptors (Lipinski definition) is 0. The van der Waals surface area contributed by atoms with Gasteiger partial charge in [0.1, 0.15) is 0 Å². The zero-order valence-electron chi connectivity index (χ0n) is 7.20. The minimum absolute atomic E-state index is 0.300.